The minimum atomic E-state index is -0.357. The first-order valence-electron chi connectivity index (χ1n) is 12.0. The molecule has 1 N–H and O–H groups in total. The highest BCUT2D eigenvalue weighted by Crippen LogP contribution is 2.28. The van der Waals surface area contributed by atoms with Crippen LogP contribution in [0.2, 0.25) is 0 Å². The molecule has 0 spiro atoms. The summed E-state index contributed by atoms with van der Waals surface area (Å²) in [5, 5.41) is 3.53. The van der Waals surface area contributed by atoms with Gasteiger partial charge in [0.1, 0.15) is 5.58 Å². The molecule has 1 aliphatic rings. The second-order valence-electron chi connectivity index (χ2n) is 10.00. The number of likely N-dealkylation sites (tertiary alicyclic amines) is 1. The lowest BCUT2D eigenvalue weighted by Crippen LogP contribution is -2.37. The maximum Gasteiger partial charge on any atom is 0.287 e. The van der Waals surface area contributed by atoms with E-state index in [1.54, 1.807) is 6.07 Å². The summed E-state index contributed by atoms with van der Waals surface area (Å²) in [5.74, 6) is -0.302. The van der Waals surface area contributed by atoms with E-state index in [4.69, 9.17) is 4.42 Å². The van der Waals surface area contributed by atoms with E-state index < -0.39 is 0 Å². The molecule has 0 unspecified atom stereocenters. The standard InChI is InChI=1S/C28H34N2O3/c1-5-19-8-13-25-22(16-19)24(31)17-26(33-25)27(32)29-18-23(30-14-6-7-15-30)20-9-11-21(12-10-20)28(2,3)4/h8-13,16-17,23H,5-7,14-15,18H2,1-4H3,(H,29,32)/t23-/m1/s1. The second kappa shape index (κ2) is 9.52. The molecule has 1 aromatic heterocycles. The highest BCUT2D eigenvalue weighted by atomic mass is 16.3. The Kier molecular flexibility index (Phi) is 6.71. The first kappa shape index (κ1) is 23.2. The van der Waals surface area contributed by atoms with Crippen LogP contribution in [0.1, 0.15) is 73.8 Å². The average Bonchev–Trinajstić information content (AvgIpc) is 3.33. The summed E-state index contributed by atoms with van der Waals surface area (Å²) in [4.78, 5) is 28.0. The van der Waals surface area contributed by atoms with Crippen molar-refractivity contribution in [2.45, 2.75) is 58.4 Å². The molecular formula is C28H34N2O3. The van der Waals surface area contributed by atoms with Crippen molar-refractivity contribution in [3.8, 4) is 0 Å². The Morgan fingerprint density at radius 2 is 1.76 bits per heavy atom. The maximum atomic E-state index is 12.9. The van der Waals surface area contributed by atoms with E-state index >= 15 is 0 Å². The van der Waals surface area contributed by atoms with Gasteiger partial charge in [-0.05, 0) is 66.6 Å². The van der Waals surface area contributed by atoms with Crippen LogP contribution in [0, 0.1) is 0 Å². The van der Waals surface area contributed by atoms with Gasteiger partial charge in [0.25, 0.3) is 5.91 Å². The Morgan fingerprint density at radius 1 is 1.06 bits per heavy atom. The van der Waals surface area contributed by atoms with E-state index in [0.29, 0.717) is 17.5 Å². The molecule has 0 aliphatic carbocycles. The number of carbonyl (C=O) groups is 1. The van der Waals surface area contributed by atoms with E-state index in [0.717, 1.165) is 25.1 Å². The fourth-order valence-corrected chi connectivity index (χ4v) is 4.53. The van der Waals surface area contributed by atoms with E-state index in [1.165, 1.54) is 30.0 Å². The number of benzene rings is 2. The molecule has 4 rings (SSSR count). The fraction of sp³-hybridized carbons (Fsp3) is 0.429. The third kappa shape index (κ3) is 5.19. The average molecular weight is 447 g/mol. The van der Waals surface area contributed by atoms with Gasteiger partial charge in [-0.2, -0.15) is 0 Å². The molecule has 3 aromatic rings. The van der Waals surface area contributed by atoms with Gasteiger partial charge in [-0.1, -0.05) is 58.0 Å². The van der Waals surface area contributed by atoms with E-state index in [2.05, 4.69) is 55.3 Å². The summed E-state index contributed by atoms with van der Waals surface area (Å²) in [7, 11) is 0. The zero-order valence-corrected chi connectivity index (χ0v) is 20.1. The third-order valence-corrected chi connectivity index (χ3v) is 6.62. The number of hydrogen-bond donors (Lipinski definition) is 1. The minimum absolute atomic E-state index is 0.0556. The monoisotopic (exact) mass is 446 g/mol. The van der Waals surface area contributed by atoms with Gasteiger partial charge in [0.2, 0.25) is 0 Å². The summed E-state index contributed by atoms with van der Waals surface area (Å²) < 4.78 is 5.79. The quantitative estimate of drug-likeness (QED) is 0.564. The van der Waals surface area contributed by atoms with Gasteiger partial charge in [0, 0.05) is 12.6 Å². The van der Waals surface area contributed by atoms with Crippen molar-refractivity contribution in [3.63, 3.8) is 0 Å². The van der Waals surface area contributed by atoms with Gasteiger partial charge in [-0.3, -0.25) is 14.5 Å². The van der Waals surface area contributed by atoms with Gasteiger partial charge < -0.3 is 9.73 Å². The number of fused-ring (bicyclic) bond motifs is 1. The topological polar surface area (TPSA) is 62.6 Å². The first-order valence-corrected chi connectivity index (χ1v) is 12.0. The molecule has 1 atom stereocenters. The molecule has 0 bridgehead atoms. The smallest absolute Gasteiger partial charge is 0.287 e. The van der Waals surface area contributed by atoms with Gasteiger partial charge >= 0.3 is 0 Å². The molecule has 0 saturated carbocycles. The van der Waals surface area contributed by atoms with E-state index in [9.17, 15) is 9.59 Å². The summed E-state index contributed by atoms with van der Waals surface area (Å²) >= 11 is 0. The number of amides is 1. The lowest BCUT2D eigenvalue weighted by atomic mass is 9.86. The summed E-state index contributed by atoms with van der Waals surface area (Å²) in [5.41, 5.74) is 3.90. The fourth-order valence-electron chi connectivity index (χ4n) is 4.53. The Balaban J connectivity index is 1.54. The highest BCUT2D eigenvalue weighted by molar-refractivity contribution is 5.93. The molecule has 5 nitrogen and oxygen atoms in total. The molecule has 1 aliphatic heterocycles. The molecule has 2 aromatic carbocycles. The molecule has 2 heterocycles. The van der Waals surface area contributed by atoms with Crippen molar-refractivity contribution in [2.24, 2.45) is 0 Å². The molecule has 1 fully saturated rings. The number of nitrogens with zero attached hydrogens (tertiary/aromatic N) is 1. The normalized spacial score (nSPS) is 15.6. The Morgan fingerprint density at radius 3 is 2.39 bits per heavy atom. The zero-order chi connectivity index (χ0) is 23.6. The van der Waals surface area contributed by atoms with Crippen molar-refractivity contribution in [1.29, 1.82) is 0 Å². The maximum absolute atomic E-state index is 12.9. The van der Waals surface area contributed by atoms with Crippen molar-refractivity contribution in [1.82, 2.24) is 10.2 Å². The van der Waals surface area contributed by atoms with Crippen LogP contribution >= 0.6 is 0 Å². The van der Waals surface area contributed by atoms with Gasteiger partial charge in [0.05, 0.1) is 11.4 Å². The lowest BCUT2D eigenvalue weighted by Gasteiger charge is -2.29. The van der Waals surface area contributed by atoms with Gasteiger partial charge in [0.15, 0.2) is 11.2 Å². The van der Waals surface area contributed by atoms with Crippen molar-refractivity contribution in [3.05, 3.63) is 81.2 Å². The molecule has 1 saturated heterocycles. The zero-order valence-electron chi connectivity index (χ0n) is 20.1. The Bertz CT molecular complexity index is 1180. The van der Waals surface area contributed by atoms with Crippen LogP contribution < -0.4 is 10.7 Å². The van der Waals surface area contributed by atoms with Crippen LogP contribution in [0.5, 0.6) is 0 Å². The van der Waals surface area contributed by atoms with Crippen LogP contribution in [0.25, 0.3) is 11.0 Å². The number of nitrogens with one attached hydrogen (secondary N) is 1. The van der Waals surface area contributed by atoms with Crippen LogP contribution in [-0.4, -0.2) is 30.4 Å². The summed E-state index contributed by atoms with van der Waals surface area (Å²) in [6, 6.07) is 15.7. The van der Waals surface area contributed by atoms with Crippen molar-refractivity contribution < 1.29 is 9.21 Å². The SMILES string of the molecule is CCc1ccc2oc(C(=O)NC[C@H](c3ccc(C(C)(C)C)cc3)N3CCCC3)cc(=O)c2c1. The second-order valence-corrected chi connectivity index (χ2v) is 10.00. The van der Waals surface area contributed by atoms with Gasteiger partial charge in [-0.15, -0.1) is 0 Å². The summed E-state index contributed by atoms with van der Waals surface area (Å²) in [6.07, 6.45) is 3.18. The molecular weight excluding hydrogens is 412 g/mol. The van der Waals surface area contributed by atoms with Crippen molar-refractivity contribution >= 4 is 16.9 Å². The number of hydrogen-bond acceptors (Lipinski definition) is 4. The van der Waals surface area contributed by atoms with Gasteiger partial charge in [-0.25, -0.2) is 0 Å². The largest absolute Gasteiger partial charge is 0.451 e. The predicted molar refractivity (Wildman–Crippen MR) is 133 cm³/mol. The summed E-state index contributed by atoms with van der Waals surface area (Å²) in [6.45, 7) is 11.2. The Hall–Kier alpha value is -2.92. The number of carbonyl (C=O) groups excluding carboxylic acids is 1. The van der Waals surface area contributed by atoms with Crippen molar-refractivity contribution in [2.75, 3.05) is 19.6 Å². The van der Waals surface area contributed by atoms with Crippen LogP contribution in [-0.2, 0) is 11.8 Å². The molecule has 0 radical (unpaired) electrons. The van der Waals surface area contributed by atoms with E-state index in [1.807, 2.05) is 19.1 Å². The molecule has 33 heavy (non-hydrogen) atoms. The number of aryl methyl sites for hydroxylation is 1. The molecule has 174 valence electrons. The van der Waals surface area contributed by atoms with Crippen LogP contribution in [0.3, 0.4) is 0 Å². The van der Waals surface area contributed by atoms with E-state index in [-0.39, 0.29) is 28.6 Å². The predicted octanol–water partition coefficient (Wildman–Crippen LogP) is 5.22. The molecule has 1 amide bonds. The first-order chi connectivity index (χ1) is 15.8. The van der Waals surface area contributed by atoms with Crippen LogP contribution in [0.15, 0.2) is 57.7 Å². The molecule has 5 heteroatoms. The lowest BCUT2D eigenvalue weighted by molar-refractivity contribution is 0.0910. The highest BCUT2D eigenvalue weighted by Gasteiger charge is 2.25. The number of rotatable bonds is 6. The minimum Gasteiger partial charge on any atom is -0.451 e. The van der Waals surface area contributed by atoms with Crippen LogP contribution in [0.4, 0.5) is 0 Å². The Labute approximate surface area is 195 Å². The third-order valence-electron chi connectivity index (χ3n) is 6.62.